The van der Waals surface area contributed by atoms with Crippen molar-refractivity contribution < 1.29 is 9.59 Å². The van der Waals surface area contributed by atoms with Crippen molar-refractivity contribution in [2.75, 3.05) is 32.7 Å². The molecule has 2 aliphatic rings. The lowest BCUT2D eigenvalue weighted by Gasteiger charge is -2.35. The minimum atomic E-state index is 0.0993. The Morgan fingerprint density at radius 3 is 2.08 bits per heavy atom. The van der Waals surface area contributed by atoms with Crippen molar-refractivity contribution in [2.45, 2.75) is 45.7 Å². The Labute approximate surface area is 150 Å². The predicted octanol–water partition coefficient (Wildman–Crippen LogP) is 1.90. The summed E-state index contributed by atoms with van der Waals surface area (Å²) in [6, 6.07) is 9.29. The van der Waals surface area contributed by atoms with Gasteiger partial charge in [-0.3, -0.25) is 14.5 Å². The maximum absolute atomic E-state index is 12.7. The SMILES string of the molecule is CCc1ccc(CN(CC(=O)N2CCN(C(C)=O)CC2)C2CC2)cc1. The molecule has 1 aliphatic carbocycles. The molecule has 2 fully saturated rings. The van der Waals surface area contributed by atoms with Crippen molar-refractivity contribution in [3.63, 3.8) is 0 Å². The zero-order valence-electron chi connectivity index (χ0n) is 15.4. The minimum Gasteiger partial charge on any atom is -0.339 e. The monoisotopic (exact) mass is 343 g/mol. The molecule has 0 aromatic heterocycles. The van der Waals surface area contributed by atoms with Gasteiger partial charge in [0.05, 0.1) is 6.54 Å². The van der Waals surface area contributed by atoms with Crippen LogP contribution in [0, 0.1) is 0 Å². The summed E-state index contributed by atoms with van der Waals surface area (Å²) in [5, 5.41) is 0. The van der Waals surface area contributed by atoms with Crippen LogP contribution in [0.3, 0.4) is 0 Å². The minimum absolute atomic E-state index is 0.0993. The van der Waals surface area contributed by atoms with Crippen LogP contribution in [-0.4, -0.2) is 65.3 Å². The van der Waals surface area contributed by atoms with Gasteiger partial charge in [0.2, 0.25) is 11.8 Å². The van der Waals surface area contributed by atoms with E-state index < -0.39 is 0 Å². The summed E-state index contributed by atoms with van der Waals surface area (Å²) in [5.74, 6) is 0.294. The van der Waals surface area contributed by atoms with E-state index in [9.17, 15) is 9.59 Å². The number of carbonyl (C=O) groups is 2. The predicted molar refractivity (Wildman–Crippen MR) is 98.1 cm³/mol. The van der Waals surface area contributed by atoms with Gasteiger partial charge in [-0.2, -0.15) is 0 Å². The van der Waals surface area contributed by atoms with Crippen molar-refractivity contribution >= 4 is 11.8 Å². The van der Waals surface area contributed by atoms with Gasteiger partial charge in [0.15, 0.2) is 0 Å². The maximum atomic E-state index is 12.7. The number of nitrogens with zero attached hydrogens (tertiary/aromatic N) is 3. The lowest BCUT2D eigenvalue weighted by molar-refractivity contribution is -0.139. The molecule has 0 bridgehead atoms. The molecule has 3 rings (SSSR count). The van der Waals surface area contributed by atoms with Crippen LogP contribution in [0.4, 0.5) is 0 Å². The van der Waals surface area contributed by atoms with Crippen LogP contribution in [0.2, 0.25) is 0 Å². The quantitative estimate of drug-likeness (QED) is 0.792. The van der Waals surface area contributed by atoms with Crippen LogP contribution in [0.25, 0.3) is 0 Å². The summed E-state index contributed by atoms with van der Waals surface area (Å²) < 4.78 is 0. The maximum Gasteiger partial charge on any atom is 0.236 e. The molecule has 1 aliphatic heterocycles. The Morgan fingerprint density at radius 2 is 1.56 bits per heavy atom. The lowest BCUT2D eigenvalue weighted by Crippen LogP contribution is -2.52. The number of carbonyl (C=O) groups excluding carboxylic acids is 2. The fraction of sp³-hybridized carbons (Fsp3) is 0.600. The smallest absolute Gasteiger partial charge is 0.236 e. The molecule has 1 saturated carbocycles. The van der Waals surface area contributed by atoms with Gasteiger partial charge in [-0.1, -0.05) is 31.2 Å². The average molecular weight is 343 g/mol. The number of aryl methyl sites for hydroxylation is 1. The van der Waals surface area contributed by atoms with Crippen LogP contribution in [0.5, 0.6) is 0 Å². The third kappa shape index (κ3) is 4.82. The van der Waals surface area contributed by atoms with Crippen molar-refractivity contribution in [3.05, 3.63) is 35.4 Å². The number of rotatable bonds is 6. The van der Waals surface area contributed by atoms with Crippen LogP contribution in [0.1, 0.15) is 37.8 Å². The molecule has 1 heterocycles. The molecule has 0 atom stereocenters. The zero-order valence-corrected chi connectivity index (χ0v) is 15.4. The Morgan fingerprint density at radius 1 is 1.00 bits per heavy atom. The van der Waals surface area contributed by atoms with E-state index in [4.69, 9.17) is 0 Å². The molecular weight excluding hydrogens is 314 g/mol. The molecule has 0 radical (unpaired) electrons. The third-order valence-electron chi connectivity index (χ3n) is 5.30. The van der Waals surface area contributed by atoms with Gasteiger partial charge in [-0.15, -0.1) is 0 Å². The highest BCUT2D eigenvalue weighted by Crippen LogP contribution is 2.28. The second-order valence-corrected chi connectivity index (χ2v) is 7.19. The van der Waals surface area contributed by atoms with Gasteiger partial charge in [0.25, 0.3) is 0 Å². The highest BCUT2D eigenvalue weighted by atomic mass is 16.2. The van der Waals surface area contributed by atoms with Crippen LogP contribution < -0.4 is 0 Å². The summed E-state index contributed by atoms with van der Waals surface area (Å²) in [7, 11) is 0. The second kappa shape index (κ2) is 8.00. The van der Waals surface area contributed by atoms with Crippen LogP contribution >= 0.6 is 0 Å². The van der Waals surface area contributed by atoms with Crippen molar-refractivity contribution in [1.29, 1.82) is 0 Å². The molecule has 0 unspecified atom stereocenters. The van der Waals surface area contributed by atoms with Crippen molar-refractivity contribution in [1.82, 2.24) is 14.7 Å². The average Bonchev–Trinajstić information content (AvgIpc) is 3.47. The molecule has 1 aromatic carbocycles. The largest absolute Gasteiger partial charge is 0.339 e. The van der Waals surface area contributed by atoms with Gasteiger partial charge in [0.1, 0.15) is 0 Å². The first kappa shape index (κ1) is 17.9. The Bertz CT molecular complexity index is 602. The van der Waals surface area contributed by atoms with E-state index >= 15 is 0 Å². The first-order valence-electron chi connectivity index (χ1n) is 9.42. The van der Waals surface area contributed by atoms with E-state index in [0.717, 1.165) is 13.0 Å². The fourth-order valence-electron chi connectivity index (χ4n) is 3.41. The summed E-state index contributed by atoms with van der Waals surface area (Å²) >= 11 is 0. The van der Waals surface area contributed by atoms with Crippen molar-refractivity contribution in [2.24, 2.45) is 0 Å². The first-order chi connectivity index (χ1) is 12.1. The summed E-state index contributed by atoms with van der Waals surface area (Å²) in [4.78, 5) is 30.2. The molecule has 5 nitrogen and oxygen atoms in total. The van der Waals surface area contributed by atoms with Gasteiger partial charge < -0.3 is 9.80 Å². The van der Waals surface area contributed by atoms with E-state index in [-0.39, 0.29) is 11.8 Å². The second-order valence-electron chi connectivity index (χ2n) is 7.19. The number of benzene rings is 1. The third-order valence-corrected chi connectivity index (χ3v) is 5.30. The van der Waals surface area contributed by atoms with E-state index in [2.05, 4.69) is 36.1 Å². The Hall–Kier alpha value is -1.88. The number of piperazine rings is 1. The highest BCUT2D eigenvalue weighted by Gasteiger charge is 2.32. The van der Waals surface area contributed by atoms with Crippen LogP contribution in [0.15, 0.2) is 24.3 Å². The van der Waals surface area contributed by atoms with Crippen molar-refractivity contribution in [3.8, 4) is 0 Å². The molecule has 136 valence electrons. The standard InChI is InChI=1S/C20H29N3O2/c1-3-17-4-6-18(7-5-17)14-23(19-8-9-19)15-20(25)22-12-10-21(11-13-22)16(2)24/h4-7,19H,3,8-15H2,1-2H3. The number of hydrogen-bond donors (Lipinski definition) is 0. The lowest BCUT2D eigenvalue weighted by atomic mass is 10.1. The van der Waals surface area contributed by atoms with Gasteiger partial charge in [-0.25, -0.2) is 0 Å². The molecule has 0 spiro atoms. The molecule has 1 aromatic rings. The molecule has 25 heavy (non-hydrogen) atoms. The molecular formula is C20H29N3O2. The van der Waals surface area contributed by atoms with Gasteiger partial charge in [0, 0.05) is 45.7 Å². The van der Waals surface area contributed by atoms with Gasteiger partial charge in [-0.05, 0) is 30.4 Å². The first-order valence-corrected chi connectivity index (χ1v) is 9.42. The molecule has 0 N–H and O–H groups in total. The Balaban J connectivity index is 1.54. The van der Waals surface area contributed by atoms with E-state index in [0.29, 0.717) is 38.8 Å². The fourth-order valence-corrected chi connectivity index (χ4v) is 3.41. The molecule has 5 heteroatoms. The summed E-state index contributed by atoms with van der Waals surface area (Å²) in [6.45, 7) is 7.70. The summed E-state index contributed by atoms with van der Waals surface area (Å²) in [6.07, 6.45) is 3.44. The highest BCUT2D eigenvalue weighted by molar-refractivity contribution is 5.79. The van der Waals surface area contributed by atoms with E-state index in [1.54, 1.807) is 6.92 Å². The molecule has 1 saturated heterocycles. The van der Waals surface area contributed by atoms with E-state index in [1.165, 1.54) is 24.0 Å². The van der Waals surface area contributed by atoms with Gasteiger partial charge >= 0.3 is 0 Å². The zero-order chi connectivity index (χ0) is 17.8. The summed E-state index contributed by atoms with van der Waals surface area (Å²) in [5.41, 5.74) is 2.62. The normalized spacial score (nSPS) is 17.9. The van der Waals surface area contributed by atoms with Crippen LogP contribution in [-0.2, 0) is 22.6 Å². The topological polar surface area (TPSA) is 43.9 Å². The van der Waals surface area contributed by atoms with E-state index in [1.807, 2.05) is 9.80 Å². The Kier molecular flexibility index (Phi) is 5.74. The number of hydrogen-bond acceptors (Lipinski definition) is 3. The molecule has 2 amide bonds. The number of amides is 2.